The van der Waals surface area contributed by atoms with E-state index in [-0.39, 0.29) is 41.3 Å². The van der Waals surface area contributed by atoms with Crippen molar-refractivity contribution in [1.82, 2.24) is 10.2 Å². The molecule has 3 amide bonds. The van der Waals surface area contributed by atoms with Gasteiger partial charge in [-0.15, -0.1) is 0 Å². The molecule has 140 valence electrons. The zero-order valence-electron chi connectivity index (χ0n) is 14.1. The number of benzene rings is 1. The first-order valence-electron chi connectivity index (χ1n) is 7.63. The zero-order valence-corrected chi connectivity index (χ0v) is 14.9. The first-order valence-corrected chi connectivity index (χ1v) is 8.61. The SMILES string of the molecule is COc1ccc(C(=O)O[C@@H](C)C(=O)NCCN2C(=O)CSC2=O)c(F)c1. The van der Waals surface area contributed by atoms with Crippen LogP contribution in [0.3, 0.4) is 0 Å². The van der Waals surface area contributed by atoms with Crippen LogP contribution in [0.2, 0.25) is 0 Å². The van der Waals surface area contributed by atoms with Crippen LogP contribution in [0.1, 0.15) is 17.3 Å². The second-order valence-corrected chi connectivity index (χ2v) is 6.21. The van der Waals surface area contributed by atoms with Gasteiger partial charge in [-0.3, -0.25) is 19.3 Å². The lowest BCUT2D eigenvalue weighted by Gasteiger charge is -2.16. The van der Waals surface area contributed by atoms with E-state index in [1.54, 1.807) is 0 Å². The van der Waals surface area contributed by atoms with Gasteiger partial charge in [0.2, 0.25) is 5.91 Å². The van der Waals surface area contributed by atoms with E-state index in [2.05, 4.69) is 5.32 Å². The molecule has 2 rings (SSSR count). The molecule has 10 heteroatoms. The molecule has 8 nitrogen and oxygen atoms in total. The summed E-state index contributed by atoms with van der Waals surface area (Å²) < 4.78 is 23.6. The summed E-state index contributed by atoms with van der Waals surface area (Å²) in [5.41, 5.74) is -0.323. The fourth-order valence-corrected chi connectivity index (χ4v) is 2.85. The summed E-state index contributed by atoms with van der Waals surface area (Å²) in [4.78, 5) is 47.8. The molecular weight excluding hydrogens is 367 g/mol. The fourth-order valence-electron chi connectivity index (χ4n) is 2.10. The van der Waals surface area contributed by atoms with E-state index in [9.17, 15) is 23.6 Å². The van der Waals surface area contributed by atoms with Crippen LogP contribution >= 0.6 is 11.8 Å². The largest absolute Gasteiger partial charge is 0.497 e. The van der Waals surface area contributed by atoms with Gasteiger partial charge in [-0.05, 0) is 19.1 Å². The maximum Gasteiger partial charge on any atom is 0.341 e. The molecule has 1 atom stereocenters. The van der Waals surface area contributed by atoms with E-state index < -0.39 is 23.8 Å². The number of amides is 3. The molecule has 0 bridgehead atoms. The quantitative estimate of drug-likeness (QED) is 0.705. The third-order valence-corrected chi connectivity index (χ3v) is 4.38. The van der Waals surface area contributed by atoms with Crippen LogP contribution in [0.5, 0.6) is 5.75 Å². The monoisotopic (exact) mass is 384 g/mol. The molecule has 0 aliphatic carbocycles. The van der Waals surface area contributed by atoms with Gasteiger partial charge < -0.3 is 14.8 Å². The highest BCUT2D eigenvalue weighted by molar-refractivity contribution is 8.14. The van der Waals surface area contributed by atoms with Crippen LogP contribution in [0.4, 0.5) is 9.18 Å². The molecule has 1 N–H and O–H groups in total. The number of carbonyl (C=O) groups is 4. The Kier molecular flexibility index (Phi) is 6.56. The lowest BCUT2D eigenvalue weighted by atomic mass is 10.2. The molecule has 26 heavy (non-hydrogen) atoms. The predicted molar refractivity (Wildman–Crippen MR) is 90.4 cm³/mol. The second kappa shape index (κ2) is 8.65. The van der Waals surface area contributed by atoms with Gasteiger partial charge in [-0.1, -0.05) is 11.8 Å². The standard InChI is InChI=1S/C16H17FN2O6S/c1-9(14(21)18-5-6-19-13(20)8-26-16(19)23)25-15(22)11-4-3-10(24-2)7-12(11)17/h3-4,7,9H,5-6,8H2,1-2H3,(H,18,21)/t9-/m0/s1. The summed E-state index contributed by atoms with van der Waals surface area (Å²) in [5, 5.41) is 2.09. The average molecular weight is 384 g/mol. The number of carbonyl (C=O) groups excluding carboxylic acids is 4. The van der Waals surface area contributed by atoms with E-state index >= 15 is 0 Å². The Labute approximate surface area is 153 Å². The molecule has 1 aliphatic heterocycles. The number of esters is 1. The number of rotatable bonds is 7. The number of hydrogen-bond acceptors (Lipinski definition) is 7. The van der Waals surface area contributed by atoms with Gasteiger partial charge in [0, 0.05) is 19.2 Å². The minimum absolute atomic E-state index is 0.0235. The third kappa shape index (κ3) is 4.72. The number of ether oxygens (including phenoxy) is 2. The number of methoxy groups -OCH3 is 1. The fraction of sp³-hybridized carbons (Fsp3) is 0.375. The lowest BCUT2D eigenvalue weighted by Crippen LogP contribution is -2.41. The molecule has 0 unspecified atom stereocenters. The van der Waals surface area contributed by atoms with E-state index in [1.807, 2.05) is 0 Å². The normalized spacial score (nSPS) is 15.0. The van der Waals surface area contributed by atoms with Crippen molar-refractivity contribution >= 4 is 34.8 Å². The van der Waals surface area contributed by atoms with Gasteiger partial charge in [0.15, 0.2) is 6.10 Å². The maximum atomic E-state index is 13.8. The number of hydrogen-bond donors (Lipinski definition) is 1. The second-order valence-electron chi connectivity index (χ2n) is 5.28. The van der Waals surface area contributed by atoms with Gasteiger partial charge in [0.25, 0.3) is 11.1 Å². The van der Waals surface area contributed by atoms with E-state index in [4.69, 9.17) is 9.47 Å². The summed E-state index contributed by atoms with van der Waals surface area (Å²) in [6.45, 7) is 1.39. The molecule has 1 fully saturated rings. The van der Waals surface area contributed by atoms with Crippen LogP contribution < -0.4 is 10.1 Å². The molecule has 0 radical (unpaired) electrons. The molecule has 0 aromatic heterocycles. The Morgan fingerprint density at radius 1 is 1.38 bits per heavy atom. The number of halogens is 1. The average Bonchev–Trinajstić information content (AvgIpc) is 2.93. The molecule has 1 aromatic carbocycles. The van der Waals surface area contributed by atoms with Crippen molar-refractivity contribution in [3.05, 3.63) is 29.6 Å². The Hall–Kier alpha value is -2.62. The summed E-state index contributed by atoms with van der Waals surface area (Å²) in [7, 11) is 1.36. The molecular formula is C16H17FN2O6S. The van der Waals surface area contributed by atoms with Gasteiger partial charge in [-0.2, -0.15) is 0 Å². The molecule has 1 aliphatic rings. The Balaban J connectivity index is 1.83. The Morgan fingerprint density at radius 3 is 2.69 bits per heavy atom. The summed E-state index contributed by atoms with van der Waals surface area (Å²) in [6.07, 6.45) is -1.18. The topological polar surface area (TPSA) is 102 Å². The smallest absolute Gasteiger partial charge is 0.341 e. The Bertz CT molecular complexity index is 725. The summed E-state index contributed by atoms with van der Waals surface area (Å²) in [5.74, 6) is -2.43. The highest BCUT2D eigenvalue weighted by Gasteiger charge is 2.29. The molecule has 1 heterocycles. The van der Waals surface area contributed by atoms with Crippen LogP contribution in [-0.2, 0) is 14.3 Å². The molecule has 0 saturated carbocycles. The predicted octanol–water partition coefficient (Wildman–Crippen LogP) is 1.19. The summed E-state index contributed by atoms with van der Waals surface area (Å²) in [6, 6.07) is 3.62. The minimum atomic E-state index is -1.18. The maximum absolute atomic E-state index is 13.8. The van der Waals surface area contributed by atoms with Gasteiger partial charge >= 0.3 is 5.97 Å². The Morgan fingerprint density at radius 2 is 2.12 bits per heavy atom. The van der Waals surface area contributed by atoms with Crippen LogP contribution in [-0.4, -0.2) is 60.0 Å². The molecule has 1 aromatic rings. The highest BCUT2D eigenvalue weighted by atomic mass is 32.2. The van der Waals surface area contributed by atoms with Crippen molar-refractivity contribution in [1.29, 1.82) is 0 Å². The van der Waals surface area contributed by atoms with Crippen molar-refractivity contribution in [2.75, 3.05) is 26.0 Å². The highest BCUT2D eigenvalue weighted by Crippen LogP contribution is 2.18. The third-order valence-electron chi connectivity index (χ3n) is 3.52. The van der Waals surface area contributed by atoms with Crippen LogP contribution in [0.15, 0.2) is 18.2 Å². The summed E-state index contributed by atoms with van der Waals surface area (Å²) >= 11 is 0.900. The van der Waals surface area contributed by atoms with Crippen molar-refractivity contribution < 1.29 is 33.0 Å². The van der Waals surface area contributed by atoms with E-state index in [0.717, 1.165) is 22.7 Å². The van der Waals surface area contributed by atoms with Gasteiger partial charge in [0.05, 0.1) is 18.4 Å². The van der Waals surface area contributed by atoms with Crippen molar-refractivity contribution in [2.45, 2.75) is 13.0 Å². The van der Waals surface area contributed by atoms with Gasteiger partial charge in [0.1, 0.15) is 11.6 Å². The van der Waals surface area contributed by atoms with E-state index in [0.29, 0.717) is 0 Å². The molecule has 1 saturated heterocycles. The first kappa shape index (κ1) is 19.7. The van der Waals surface area contributed by atoms with Gasteiger partial charge in [-0.25, -0.2) is 9.18 Å². The number of imide groups is 1. The van der Waals surface area contributed by atoms with Crippen LogP contribution in [0.25, 0.3) is 0 Å². The molecule has 0 spiro atoms. The van der Waals surface area contributed by atoms with E-state index in [1.165, 1.54) is 26.2 Å². The first-order chi connectivity index (χ1) is 12.3. The number of nitrogens with one attached hydrogen (secondary N) is 1. The number of nitrogens with zero attached hydrogens (tertiary/aromatic N) is 1. The minimum Gasteiger partial charge on any atom is -0.497 e. The number of thioether (sulfide) groups is 1. The zero-order chi connectivity index (χ0) is 19.3. The lowest BCUT2D eigenvalue weighted by molar-refractivity contribution is -0.130. The van der Waals surface area contributed by atoms with Crippen molar-refractivity contribution in [2.24, 2.45) is 0 Å². The van der Waals surface area contributed by atoms with Crippen LogP contribution in [0, 0.1) is 5.82 Å². The van der Waals surface area contributed by atoms with Crippen molar-refractivity contribution in [3.8, 4) is 5.75 Å². The van der Waals surface area contributed by atoms with Crippen molar-refractivity contribution in [3.63, 3.8) is 0 Å².